The van der Waals surface area contributed by atoms with Crippen LogP contribution in [0.5, 0.6) is 0 Å². The molecule has 0 bridgehead atoms. The van der Waals surface area contributed by atoms with Crippen LogP contribution in [-0.2, 0) is 6.54 Å². The minimum Gasteiger partial charge on any atom is -0.340 e. The van der Waals surface area contributed by atoms with Gasteiger partial charge in [0.15, 0.2) is 5.69 Å². The number of hydrogen-bond acceptors (Lipinski definition) is 3. The standard InChI is InChI=1S/C23H25N3O2/c1-25(15-17-11-5-6-12-17)23(28)21-19-13-7-8-14-20(19)22(27)26(24-21)16-18-9-3-2-4-10-18/h2-4,7-10,13-14,17H,5-6,11-12,15-16H2,1H3. The molecular weight excluding hydrogens is 350 g/mol. The Bertz CT molecular complexity index is 1040. The Balaban J connectivity index is 1.73. The lowest BCUT2D eigenvalue weighted by atomic mass is 10.1. The minimum absolute atomic E-state index is 0.120. The first-order valence-electron chi connectivity index (χ1n) is 9.93. The molecule has 144 valence electrons. The summed E-state index contributed by atoms with van der Waals surface area (Å²) in [6.45, 7) is 1.09. The van der Waals surface area contributed by atoms with E-state index in [1.807, 2.05) is 55.6 Å². The van der Waals surface area contributed by atoms with Crippen LogP contribution in [0, 0.1) is 5.92 Å². The van der Waals surface area contributed by atoms with Gasteiger partial charge in [-0.05, 0) is 30.4 Å². The predicted octanol–water partition coefficient (Wildman–Crippen LogP) is 3.71. The van der Waals surface area contributed by atoms with Gasteiger partial charge in [-0.3, -0.25) is 9.59 Å². The highest BCUT2D eigenvalue weighted by Crippen LogP contribution is 2.26. The maximum atomic E-state index is 13.2. The minimum atomic E-state index is -0.172. The molecule has 1 amide bonds. The molecule has 0 N–H and O–H groups in total. The molecule has 0 atom stereocenters. The number of aromatic nitrogens is 2. The van der Waals surface area contributed by atoms with Gasteiger partial charge in [-0.25, -0.2) is 4.68 Å². The fourth-order valence-electron chi connectivity index (χ4n) is 4.10. The van der Waals surface area contributed by atoms with Crippen LogP contribution in [0.25, 0.3) is 10.8 Å². The summed E-state index contributed by atoms with van der Waals surface area (Å²) in [5, 5.41) is 5.66. The molecule has 28 heavy (non-hydrogen) atoms. The van der Waals surface area contributed by atoms with Crippen LogP contribution >= 0.6 is 0 Å². The van der Waals surface area contributed by atoms with Crippen molar-refractivity contribution in [2.75, 3.05) is 13.6 Å². The second-order valence-electron chi connectivity index (χ2n) is 7.68. The first kappa shape index (κ1) is 18.4. The van der Waals surface area contributed by atoms with Crippen LogP contribution in [-0.4, -0.2) is 34.2 Å². The summed E-state index contributed by atoms with van der Waals surface area (Å²) in [4.78, 5) is 27.9. The normalized spacial score (nSPS) is 14.5. The van der Waals surface area contributed by atoms with E-state index < -0.39 is 0 Å². The Labute approximate surface area is 164 Å². The van der Waals surface area contributed by atoms with Crippen molar-refractivity contribution in [2.45, 2.75) is 32.2 Å². The SMILES string of the molecule is CN(CC1CCCC1)C(=O)c1nn(Cc2ccccc2)c(=O)c2ccccc12. The Morgan fingerprint density at radius 3 is 2.39 bits per heavy atom. The average Bonchev–Trinajstić information content (AvgIpc) is 3.23. The summed E-state index contributed by atoms with van der Waals surface area (Å²) in [6.07, 6.45) is 4.85. The molecule has 0 spiro atoms. The molecule has 3 aromatic rings. The average molecular weight is 375 g/mol. The molecule has 1 aliphatic rings. The van der Waals surface area contributed by atoms with Gasteiger partial charge in [0.1, 0.15) is 0 Å². The Kier molecular flexibility index (Phi) is 5.24. The third-order valence-electron chi connectivity index (χ3n) is 5.60. The Morgan fingerprint density at radius 1 is 1.04 bits per heavy atom. The number of carbonyl (C=O) groups is 1. The van der Waals surface area contributed by atoms with Crippen molar-refractivity contribution in [2.24, 2.45) is 5.92 Å². The van der Waals surface area contributed by atoms with Gasteiger partial charge >= 0.3 is 0 Å². The van der Waals surface area contributed by atoms with Crippen molar-refractivity contribution >= 4 is 16.7 Å². The van der Waals surface area contributed by atoms with Crippen LogP contribution < -0.4 is 5.56 Å². The van der Waals surface area contributed by atoms with E-state index in [0.29, 0.717) is 28.9 Å². The molecule has 1 aromatic heterocycles. The Morgan fingerprint density at radius 2 is 1.68 bits per heavy atom. The third-order valence-corrected chi connectivity index (χ3v) is 5.60. The van der Waals surface area contributed by atoms with Gasteiger partial charge in [-0.2, -0.15) is 5.10 Å². The molecule has 4 rings (SSSR count). The maximum Gasteiger partial charge on any atom is 0.274 e. The van der Waals surface area contributed by atoms with Crippen molar-refractivity contribution < 1.29 is 4.79 Å². The summed E-state index contributed by atoms with van der Waals surface area (Å²) in [5.74, 6) is 0.445. The predicted molar refractivity (Wildman–Crippen MR) is 110 cm³/mol. The van der Waals surface area contributed by atoms with Crippen molar-refractivity contribution in [3.8, 4) is 0 Å². The van der Waals surface area contributed by atoms with Gasteiger partial charge in [-0.15, -0.1) is 0 Å². The topological polar surface area (TPSA) is 55.2 Å². The van der Waals surface area contributed by atoms with Crippen LogP contribution in [0.1, 0.15) is 41.7 Å². The summed E-state index contributed by atoms with van der Waals surface area (Å²) in [7, 11) is 1.84. The van der Waals surface area contributed by atoms with Gasteiger partial charge in [-0.1, -0.05) is 61.4 Å². The van der Waals surface area contributed by atoms with E-state index >= 15 is 0 Å². The highest BCUT2D eigenvalue weighted by Gasteiger charge is 2.23. The number of rotatable bonds is 5. The monoisotopic (exact) mass is 375 g/mol. The van der Waals surface area contributed by atoms with Gasteiger partial charge in [0.25, 0.3) is 11.5 Å². The lowest BCUT2D eigenvalue weighted by Crippen LogP contribution is -2.34. The number of fused-ring (bicyclic) bond motifs is 1. The molecule has 1 aliphatic carbocycles. The van der Waals surface area contributed by atoms with Crippen LogP contribution in [0.4, 0.5) is 0 Å². The van der Waals surface area contributed by atoms with Gasteiger partial charge < -0.3 is 4.90 Å². The molecule has 0 unspecified atom stereocenters. The van der Waals surface area contributed by atoms with E-state index in [1.165, 1.54) is 30.4 Å². The Hall–Kier alpha value is -2.95. The fourth-order valence-corrected chi connectivity index (χ4v) is 4.10. The zero-order chi connectivity index (χ0) is 19.5. The molecule has 1 heterocycles. The molecule has 0 saturated heterocycles. The number of hydrogen-bond donors (Lipinski definition) is 0. The highest BCUT2D eigenvalue weighted by atomic mass is 16.2. The quantitative estimate of drug-likeness (QED) is 0.683. The van der Waals surface area contributed by atoms with Gasteiger partial charge in [0.05, 0.1) is 11.9 Å². The summed E-state index contributed by atoms with van der Waals surface area (Å²) < 4.78 is 1.41. The number of nitrogens with zero attached hydrogens (tertiary/aromatic N) is 3. The zero-order valence-corrected chi connectivity index (χ0v) is 16.2. The summed E-state index contributed by atoms with van der Waals surface area (Å²) in [5.41, 5.74) is 1.16. The van der Waals surface area contributed by atoms with E-state index in [2.05, 4.69) is 5.10 Å². The van der Waals surface area contributed by atoms with Crippen LogP contribution in [0.2, 0.25) is 0 Å². The second kappa shape index (κ2) is 7.97. The third kappa shape index (κ3) is 3.70. The smallest absolute Gasteiger partial charge is 0.274 e. The zero-order valence-electron chi connectivity index (χ0n) is 16.2. The number of carbonyl (C=O) groups excluding carboxylic acids is 1. The molecule has 0 radical (unpaired) electrons. The molecule has 1 fully saturated rings. The molecule has 1 saturated carbocycles. The molecule has 5 heteroatoms. The largest absolute Gasteiger partial charge is 0.340 e. The van der Waals surface area contributed by atoms with Gasteiger partial charge in [0.2, 0.25) is 0 Å². The van der Waals surface area contributed by atoms with E-state index in [-0.39, 0.29) is 11.5 Å². The van der Waals surface area contributed by atoms with Crippen molar-refractivity contribution in [3.05, 3.63) is 76.2 Å². The first-order chi connectivity index (χ1) is 13.6. The van der Waals surface area contributed by atoms with Crippen LogP contribution in [0.3, 0.4) is 0 Å². The second-order valence-corrected chi connectivity index (χ2v) is 7.68. The molecular formula is C23H25N3O2. The summed E-state index contributed by atoms with van der Waals surface area (Å²) >= 11 is 0. The first-order valence-corrected chi connectivity index (χ1v) is 9.93. The van der Waals surface area contributed by atoms with E-state index in [9.17, 15) is 9.59 Å². The van der Waals surface area contributed by atoms with Crippen LogP contribution in [0.15, 0.2) is 59.4 Å². The molecule has 0 aliphatic heterocycles. The highest BCUT2D eigenvalue weighted by molar-refractivity contribution is 6.04. The number of amides is 1. The fraction of sp³-hybridized carbons (Fsp3) is 0.348. The van der Waals surface area contributed by atoms with Crippen molar-refractivity contribution in [1.29, 1.82) is 0 Å². The lowest BCUT2D eigenvalue weighted by molar-refractivity contribution is 0.0767. The van der Waals surface area contributed by atoms with Gasteiger partial charge in [0, 0.05) is 19.0 Å². The van der Waals surface area contributed by atoms with E-state index in [1.54, 1.807) is 11.0 Å². The van der Waals surface area contributed by atoms with E-state index in [4.69, 9.17) is 0 Å². The van der Waals surface area contributed by atoms with Crippen molar-refractivity contribution in [1.82, 2.24) is 14.7 Å². The summed E-state index contributed by atoms with van der Waals surface area (Å²) in [6, 6.07) is 17.0. The maximum absolute atomic E-state index is 13.2. The number of benzene rings is 2. The molecule has 5 nitrogen and oxygen atoms in total. The molecule has 2 aromatic carbocycles. The lowest BCUT2D eigenvalue weighted by Gasteiger charge is -2.21. The van der Waals surface area contributed by atoms with Crippen molar-refractivity contribution in [3.63, 3.8) is 0 Å². The van der Waals surface area contributed by atoms with E-state index in [0.717, 1.165) is 12.1 Å².